The van der Waals surface area contributed by atoms with Crippen molar-refractivity contribution in [2.24, 2.45) is 5.73 Å². The Morgan fingerprint density at radius 1 is 1.20 bits per heavy atom. The predicted octanol–water partition coefficient (Wildman–Crippen LogP) is 3.65. The van der Waals surface area contributed by atoms with E-state index in [0.29, 0.717) is 12.6 Å². The van der Waals surface area contributed by atoms with Crippen molar-refractivity contribution >= 4 is 0 Å². The first-order valence-electron chi connectivity index (χ1n) is 8.08. The van der Waals surface area contributed by atoms with Gasteiger partial charge >= 0.3 is 0 Å². The minimum Gasteiger partial charge on any atom is -0.329 e. The van der Waals surface area contributed by atoms with Crippen LogP contribution in [0.25, 0.3) is 0 Å². The van der Waals surface area contributed by atoms with Crippen molar-refractivity contribution in [3.63, 3.8) is 0 Å². The van der Waals surface area contributed by atoms with Gasteiger partial charge in [-0.15, -0.1) is 0 Å². The largest absolute Gasteiger partial charge is 0.329 e. The summed E-state index contributed by atoms with van der Waals surface area (Å²) >= 11 is 0. The fraction of sp³-hybridized carbons (Fsp3) is 0.556. The molecule has 3 N–H and O–H groups in total. The Labute approximate surface area is 122 Å². The van der Waals surface area contributed by atoms with Crippen molar-refractivity contribution in [1.82, 2.24) is 5.32 Å². The minimum absolute atomic E-state index is 0.297. The van der Waals surface area contributed by atoms with Crippen LogP contribution in [0.2, 0.25) is 0 Å². The molecule has 0 bridgehead atoms. The Kier molecular flexibility index (Phi) is 4.54. The average Bonchev–Trinajstić information content (AvgIpc) is 3.21. The molecule has 1 aromatic rings. The smallest absolute Gasteiger partial charge is 0.0444 e. The second-order valence-corrected chi connectivity index (χ2v) is 6.19. The number of rotatable bonds is 7. The molecule has 0 aliphatic heterocycles. The molecule has 1 saturated carbocycles. The zero-order valence-electron chi connectivity index (χ0n) is 12.3. The molecular formula is C18H26N2. The van der Waals surface area contributed by atoms with Gasteiger partial charge in [0.25, 0.3) is 0 Å². The molecule has 1 fully saturated rings. The fourth-order valence-electron chi connectivity index (χ4n) is 3.13. The number of nitrogens with two attached hydrogens (primary N) is 1. The standard InChI is InChI=1S/C18H26N2/c19-13-18(20-12-11-14-3-1-2-4-14)17-9-7-16(8-10-17)15-5-6-15/h3,7-10,15,18,20H,1-2,4-6,11-13,19H2. The summed E-state index contributed by atoms with van der Waals surface area (Å²) < 4.78 is 0. The maximum Gasteiger partial charge on any atom is 0.0444 e. The monoisotopic (exact) mass is 270 g/mol. The second kappa shape index (κ2) is 6.55. The number of benzene rings is 1. The molecule has 0 aromatic heterocycles. The first-order valence-corrected chi connectivity index (χ1v) is 8.08. The molecule has 2 nitrogen and oxygen atoms in total. The first-order chi connectivity index (χ1) is 9.86. The molecule has 0 radical (unpaired) electrons. The molecule has 20 heavy (non-hydrogen) atoms. The third-order valence-corrected chi connectivity index (χ3v) is 4.60. The molecule has 1 unspecified atom stereocenters. The van der Waals surface area contributed by atoms with E-state index in [4.69, 9.17) is 5.73 Å². The number of hydrogen-bond donors (Lipinski definition) is 2. The Hall–Kier alpha value is -1.12. The van der Waals surface area contributed by atoms with Crippen LogP contribution in [0.3, 0.4) is 0 Å². The summed E-state index contributed by atoms with van der Waals surface area (Å²) in [5.74, 6) is 0.836. The van der Waals surface area contributed by atoms with E-state index in [1.807, 2.05) is 0 Å². The number of allylic oxidation sites excluding steroid dienone is 1. The van der Waals surface area contributed by atoms with Crippen molar-refractivity contribution in [3.05, 3.63) is 47.0 Å². The quantitative estimate of drug-likeness (QED) is 0.742. The molecule has 0 amide bonds. The molecule has 0 heterocycles. The van der Waals surface area contributed by atoms with Crippen molar-refractivity contribution < 1.29 is 0 Å². The highest BCUT2D eigenvalue weighted by molar-refractivity contribution is 5.29. The zero-order valence-corrected chi connectivity index (χ0v) is 12.3. The number of nitrogens with one attached hydrogen (secondary N) is 1. The Balaban J connectivity index is 1.52. The van der Waals surface area contributed by atoms with Crippen LogP contribution < -0.4 is 11.1 Å². The Morgan fingerprint density at radius 3 is 2.60 bits per heavy atom. The molecule has 2 aliphatic rings. The van der Waals surface area contributed by atoms with E-state index in [1.54, 1.807) is 5.57 Å². The van der Waals surface area contributed by atoms with Crippen LogP contribution >= 0.6 is 0 Å². The van der Waals surface area contributed by atoms with Gasteiger partial charge in [0, 0.05) is 12.6 Å². The van der Waals surface area contributed by atoms with Crippen molar-refractivity contribution in [3.8, 4) is 0 Å². The van der Waals surface area contributed by atoms with Gasteiger partial charge in [-0.2, -0.15) is 0 Å². The van der Waals surface area contributed by atoms with Gasteiger partial charge in [0.05, 0.1) is 0 Å². The van der Waals surface area contributed by atoms with Crippen LogP contribution in [0.5, 0.6) is 0 Å². The highest BCUT2D eigenvalue weighted by Crippen LogP contribution is 2.40. The molecule has 1 atom stereocenters. The summed E-state index contributed by atoms with van der Waals surface area (Å²) in [6.45, 7) is 1.71. The molecule has 0 spiro atoms. The second-order valence-electron chi connectivity index (χ2n) is 6.19. The normalized spacial score (nSPS) is 19.9. The van der Waals surface area contributed by atoms with Crippen LogP contribution in [0.15, 0.2) is 35.9 Å². The van der Waals surface area contributed by atoms with Gasteiger partial charge < -0.3 is 11.1 Å². The van der Waals surface area contributed by atoms with Crippen LogP contribution in [0.4, 0.5) is 0 Å². The highest BCUT2D eigenvalue weighted by atomic mass is 14.9. The third kappa shape index (κ3) is 3.50. The van der Waals surface area contributed by atoms with Gasteiger partial charge in [-0.3, -0.25) is 0 Å². The maximum atomic E-state index is 5.93. The summed E-state index contributed by atoms with van der Waals surface area (Å²) in [5.41, 5.74) is 10.4. The molecular weight excluding hydrogens is 244 g/mol. The van der Waals surface area contributed by atoms with Gasteiger partial charge in [-0.25, -0.2) is 0 Å². The van der Waals surface area contributed by atoms with E-state index in [1.165, 1.54) is 49.7 Å². The lowest BCUT2D eigenvalue weighted by Crippen LogP contribution is -2.29. The van der Waals surface area contributed by atoms with Crippen LogP contribution in [-0.2, 0) is 0 Å². The highest BCUT2D eigenvalue weighted by Gasteiger charge is 2.23. The van der Waals surface area contributed by atoms with Gasteiger partial charge in [-0.1, -0.05) is 35.9 Å². The number of hydrogen-bond acceptors (Lipinski definition) is 2. The minimum atomic E-state index is 0.297. The van der Waals surface area contributed by atoms with Gasteiger partial charge in [-0.05, 0) is 62.1 Å². The maximum absolute atomic E-state index is 5.93. The van der Waals surface area contributed by atoms with Crippen LogP contribution in [0.1, 0.15) is 61.6 Å². The molecule has 3 rings (SSSR count). The Morgan fingerprint density at radius 2 is 2.00 bits per heavy atom. The van der Waals surface area contributed by atoms with E-state index < -0.39 is 0 Å². The van der Waals surface area contributed by atoms with Gasteiger partial charge in [0.2, 0.25) is 0 Å². The van der Waals surface area contributed by atoms with Gasteiger partial charge in [0.15, 0.2) is 0 Å². The van der Waals surface area contributed by atoms with Crippen molar-refractivity contribution in [2.75, 3.05) is 13.1 Å². The van der Waals surface area contributed by atoms with E-state index in [0.717, 1.165) is 12.5 Å². The predicted molar refractivity (Wildman–Crippen MR) is 84.8 cm³/mol. The molecule has 1 aromatic carbocycles. The summed E-state index contributed by atoms with van der Waals surface area (Å²) in [6, 6.07) is 9.39. The molecule has 108 valence electrons. The van der Waals surface area contributed by atoms with E-state index >= 15 is 0 Å². The molecule has 2 aliphatic carbocycles. The Bertz CT molecular complexity index is 457. The summed E-state index contributed by atoms with van der Waals surface area (Å²) in [4.78, 5) is 0. The third-order valence-electron chi connectivity index (χ3n) is 4.60. The molecule has 2 heteroatoms. The zero-order chi connectivity index (χ0) is 13.8. The van der Waals surface area contributed by atoms with E-state index in [-0.39, 0.29) is 0 Å². The summed E-state index contributed by atoms with van der Waals surface area (Å²) in [7, 11) is 0. The first kappa shape index (κ1) is 13.8. The average molecular weight is 270 g/mol. The van der Waals surface area contributed by atoms with E-state index in [9.17, 15) is 0 Å². The fourth-order valence-corrected chi connectivity index (χ4v) is 3.13. The summed E-state index contributed by atoms with van der Waals surface area (Å²) in [6.07, 6.45) is 10.2. The van der Waals surface area contributed by atoms with Crippen LogP contribution in [-0.4, -0.2) is 13.1 Å². The lowest BCUT2D eigenvalue weighted by molar-refractivity contribution is 0.542. The van der Waals surface area contributed by atoms with Crippen LogP contribution in [0, 0.1) is 0 Å². The van der Waals surface area contributed by atoms with Crippen molar-refractivity contribution in [1.29, 1.82) is 0 Å². The van der Waals surface area contributed by atoms with E-state index in [2.05, 4.69) is 35.7 Å². The van der Waals surface area contributed by atoms with Gasteiger partial charge in [0.1, 0.15) is 0 Å². The topological polar surface area (TPSA) is 38.0 Å². The summed E-state index contributed by atoms with van der Waals surface area (Å²) in [5, 5.41) is 3.61. The van der Waals surface area contributed by atoms with Crippen molar-refractivity contribution in [2.45, 2.75) is 50.5 Å². The lowest BCUT2D eigenvalue weighted by Gasteiger charge is -2.18. The molecule has 0 saturated heterocycles. The lowest BCUT2D eigenvalue weighted by atomic mass is 10.0. The SMILES string of the molecule is NCC(NCCC1=CCCC1)c1ccc(C2CC2)cc1.